The molecule has 1 aromatic carbocycles. The smallest absolute Gasteiger partial charge is 0.233 e. The molecule has 0 unspecified atom stereocenters. The highest BCUT2D eigenvalue weighted by molar-refractivity contribution is 5.95. The number of alkyl halides is 1. The Morgan fingerprint density at radius 2 is 2.00 bits per heavy atom. The molecule has 1 aliphatic carbocycles. The largest absolute Gasteiger partial charge is 0.473 e. The summed E-state index contributed by atoms with van der Waals surface area (Å²) in [5.74, 6) is 0.999. The van der Waals surface area contributed by atoms with E-state index in [9.17, 15) is 4.39 Å². The zero-order valence-electron chi connectivity index (χ0n) is 19.2. The van der Waals surface area contributed by atoms with Crippen molar-refractivity contribution in [2.24, 2.45) is 0 Å². The van der Waals surface area contributed by atoms with Gasteiger partial charge < -0.3 is 19.9 Å². The lowest BCUT2D eigenvalue weighted by Crippen LogP contribution is -2.39. The van der Waals surface area contributed by atoms with Crippen LogP contribution in [-0.2, 0) is 0 Å². The second kappa shape index (κ2) is 8.47. The first kappa shape index (κ1) is 21.2. The van der Waals surface area contributed by atoms with E-state index in [1.54, 1.807) is 12.4 Å². The van der Waals surface area contributed by atoms with Crippen molar-refractivity contribution >= 4 is 28.0 Å². The van der Waals surface area contributed by atoms with Crippen LogP contribution in [0, 0.1) is 0 Å². The lowest BCUT2D eigenvalue weighted by atomic mass is 9.82. The predicted molar refractivity (Wildman–Crippen MR) is 130 cm³/mol. The van der Waals surface area contributed by atoms with Crippen LogP contribution in [0.3, 0.4) is 0 Å². The van der Waals surface area contributed by atoms with Crippen molar-refractivity contribution in [3.63, 3.8) is 0 Å². The molecular formula is C25H28FN7O. The minimum absolute atomic E-state index is 0.177. The van der Waals surface area contributed by atoms with Crippen LogP contribution in [0.15, 0.2) is 36.8 Å². The number of aromatic amines is 1. The van der Waals surface area contributed by atoms with Gasteiger partial charge in [-0.1, -0.05) is 6.07 Å². The number of H-pyrrole nitrogens is 1. The molecule has 2 fully saturated rings. The zero-order valence-corrected chi connectivity index (χ0v) is 19.2. The molecule has 3 aromatic heterocycles. The molecule has 1 saturated heterocycles. The van der Waals surface area contributed by atoms with Gasteiger partial charge in [-0.2, -0.15) is 4.98 Å². The van der Waals surface area contributed by atoms with Crippen LogP contribution in [0.25, 0.3) is 33.2 Å². The van der Waals surface area contributed by atoms with Gasteiger partial charge in [0.2, 0.25) is 11.8 Å². The van der Waals surface area contributed by atoms with E-state index >= 15 is 0 Å². The molecule has 176 valence electrons. The molecule has 1 saturated carbocycles. The van der Waals surface area contributed by atoms with Gasteiger partial charge in [-0.15, -0.1) is 0 Å². The van der Waals surface area contributed by atoms with Gasteiger partial charge in [-0.05, 0) is 56.8 Å². The van der Waals surface area contributed by atoms with Crippen LogP contribution in [-0.4, -0.2) is 68.3 Å². The average molecular weight is 462 g/mol. The first-order valence-corrected chi connectivity index (χ1v) is 11.9. The van der Waals surface area contributed by atoms with E-state index in [1.165, 1.54) is 0 Å². The monoisotopic (exact) mass is 461 g/mol. The van der Waals surface area contributed by atoms with E-state index in [2.05, 4.69) is 37.2 Å². The highest BCUT2D eigenvalue weighted by Gasteiger charge is 2.36. The van der Waals surface area contributed by atoms with Crippen molar-refractivity contribution in [1.29, 1.82) is 0 Å². The van der Waals surface area contributed by atoms with Crippen LogP contribution in [0.4, 0.5) is 10.3 Å². The Kier molecular flexibility index (Phi) is 5.28. The van der Waals surface area contributed by atoms with Gasteiger partial charge in [-0.25, -0.2) is 19.3 Å². The highest BCUT2D eigenvalue weighted by Crippen LogP contribution is 2.36. The van der Waals surface area contributed by atoms with Crippen molar-refractivity contribution in [3.05, 3.63) is 36.8 Å². The Morgan fingerprint density at radius 1 is 1.15 bits per heavy atom. The number of hydrogen-bond acceptors (Lipinski definition) is 7. The maximum atomic E-state index is 14.3. The molecule has 0 bridgehead atoms. The summed E-state index contributed by atoms with van der Waals surface area (Å²) in [6.45, 7) is 2.31. The van der Waals surface area contributed by atoms with E-state index in [1.807, 2.05) is 24.4 Å². The van der Waals surface area contributed by atoms with Crippen LogP contribution < -0.4 is 10.1 Å². The van der Waals surface area contributed by atoms with Gasteiger partial charge in [0.1, 0.15) is 17.4 Å². The number of fused-ring (bicyclic) bond motifs is 2. The number of hydrogen-bond donors (Lipinski definition) is 2. The van der Waals surface area contributed by atoms with Crippen LogP contribution in [0.5, 0.6) is 5.88 Å². The second-order valence-electron chi connectivity index (χ2n) is 9.55. The molecule has 0 amide bonds. The number of benzene rings is 1. The predicted octanol–water partition coefficient (Wildman–Crippen LogP) is 4.35. The maximum Gasteiger partial charge on any atom is 0.233 e. The number of piperidine rings is 1. The molecule has 6 rings (SSSR count). The van der Waals surface area contributed by atoms with Gasteiger partial charge in [0.25, 0.3) is 0 Å². The topological polar surface area (TPSA) is 91.8 Å². The highest BCUT2D eigenvalue weighted by atomic mass is 19.1. The lowest BCUT2D eigenvalue weighted by Gasteiger charge is -2.33. The summed E-state index contributed by atoms with van der Waals surface area (Å²) in [6.07, 6.45) is 9.71. The van der Waals surface area contributed by atoms with Crippen molar-refractivity contribution in [2.75, 3.05) is 32.0 Å². The van der Waals surface area contributed by atoms with Crippen LogP contribution >= 0.6 is 0 Å². The SMILES string of the molecule is CN1CCC(Oc2cnc3ccc(-c4c[nH]c5nc(NCC6(F)CCC6)ncc45)cc3n2)CC1. The van der Waals surface area contributed by atoms with Gasteiger partial charge in [0.05, 0.1) is 23.8 Å². The van der Waals surface area contributed by atoms with E-state index in [0.717, 1.165) is 59.9 Å². The molecule has 4 aromatic rings. The van der Waals surface area contributed by atoms with E-state index in [4.69, 9.17) is 9.72 Å². The Bertz CT molecular complexity index is 1330. The number of anilines is 1. The summed E-state index contributed by atoms with van der Waals surface area (Å²) in [5, 5.41) is 3.94. The Hall–Kier alpha value is -3.33. The standard InChI is InChI=1S/C25H28FN7O/c1-33-9-5-17(6-10-33)34-22-14-27-20-4-3-16(11-21(20)31-22)18-12-28-23-19(18)13-29-24(32-23)30-15-25(26)7-2-8-25/h3-4,11-14,17H,2,5-10,15H2,1H3,(H2,28,29,30,32). The number of halogens is 1. The maximum absolute atomic E-state index is 14.3. The fourth-order valence-electron chi connectivity index (χ4n) is 4.70. The molecule has 2 N–H and O–H groups in total. The molecule has 9 heteroatoms. The molecule has 34 heavy (non-hydrogen) atoms. The minimum atomic E-state index is -1.12. The molecule has 2 aliphatic rings. The van der Waals surface area contributed by atoms with Gasteiger partial charge in [-0.3, -0.25) is 0 Å². The molecule has 0 radical (unpaired) electrons. The Balaban J connectivity index is 1.23. The molecule has 0 spiro atoms. The minimum Gasteiger partial charge on any atom is -0.473 e. The quantitative estimate of drug-likeness (QED) is 0.441. The summed E-state index contributed by atoms with van der Waals surface area (Å²) in [7, 11) is 2.13. The van der Waals surface area contributed by atoms with E-state index in [0.29, 0.717) is 30.3 Å². The third-order valence-electron chi connectivity index (χ3n) is 7.03. The summed E-state index contributed by atoms with van der Waals surface area (Å²) in [4.78, 5) is 23.7. The number of likely N-dealkylation sites (tertiary alicyclic amines) is 1. The molecule has 0 atom stereocenters. The Labute approximate surface area is 197 Å². The van der Waals surface area contributed by atoms with Gasteiger partial charge >= 0.3 is 0 Å². The normalized spacial score (nSPS) is 18.8. The van der Waals surface area contributed by atoms with E-state index in [-0.39, 0.29) is 12.6 Å². The molecule has 8 nitrogen and oxygen atoms in total. The zero-order chi connectivity index (χ0) is 23.1. The summed E-state index contributed by atoms with van der Waals surface area (Å²) in [6, 6.07) is 6.00. The lowest BCUT2D eigenvalue weighted by molar-refractivity contribution is 0.0782. The first-order chi connectivity index (χ1) is 16.5. The fourth-order valence-corrected chi connectivity index (χ4v) is 4.70. The van der Waals surface area contributed by atoms with E-state index < -0.39 is 5.67 Å². The van der Waals surface area contributed by atoms with Crippen molar-refractivity contribution in [2.45, 2.75) is 43.9 Å². The van der Waals surface area contributed by atoms with Crippen LogP contribution in [0.1, 0.15) is 32.1 Å². The summed E-state index contributed by atoms with van der Waals surface area (Å²) < 4.78 is 20.4. The Morgan fingerprint density at radius 3 is 2.79 bits per heavy atom. The third-order valence-corrected chi connectivity index (χ3v) is 7.03. The van der Waals surface area contributed by atoms with Crippen LogP contribution in [0.2, 0.25) is 0 Å². The number of nitrogens with one attached hydrogen (secondary N) is 2. The van der Waals surface area contributed by atoms with Crippen molar-refractivity contribution in [3.8, 4) is 17.0 Å². The number of ether oxygens (including phenoxy) is 1. The van der Waals surface area contributed by atoms with Gasteiger partial charge in [0.15, 0.2) is 0 Å². The number of nitrogens with zero attached hydrogens (tertiary/aromatic N) is 5. The third kappa shape index (κ3) is 4.16. The van der Waals surface area contributed by atoms with Crippen molar-refractivity contribution in [1.82, 2.24) is 29.8 Å². The average Bonchev–Trinajstić information content (AvgIpc) is 3.26. The fraction of sp³-hybridized carbons (Fsp3) is 0.440. The molecule has 4 heterocycles. The molecule has 1 aliphatic heterocycles. The first-order valence-electron chi connectivity index (χ1n) is 11.9. The summed E-state index contributed by atoms with van der Waals surface area (Å²) in [5.41, 5.74) is 3.16. The van der Waals surface area contributed by atoms with Crippen molar-refractivity contribution < 1.29 is 9.13 Å². The summed E-state index contributed by atoms with van der Waals surface area (Å²) >= 11 is 0. The van der Waals surface area contributed by atoms with Gasteiger partial charge in [0, 0.05) is 36.4 Å². The molecular weight excluding hydrogens is 433 g/mol. The second-order valence-corrected chi connectivity index (χ2v) is 9.55. The number of aromatic nitrogens is 5. The number of rotatable bonds is 6.